The Morgan fingerprint density at radius 2 is 1.56 bits per heavy atom. The fourth-order valence-electron chi connectivity index (χ4n) is 5.65. The number of hydrogen-bond acceptors (Lipinski definition) is 2. The molecule has 1 heterocycles. The number of rotatable bonds is 6. The second-order valence-corrected chi connectivity index (χ2v) is 9.92. The average Bonchev–Trinajstić information content (AvgIpc) is 3.33. The van der Waals surface area contributed by atoms with Crippen LogP contribution in [0, 0.1) is 11.3 Å². The first kappa shape index (κ1) is 22.6. The van der Waals surface area contributed by atoms with E-state index in [1.165, 1.54) is 42.4 Å². The van der Waals surface area contributed by atoms with Crippen molar-refractivity contribution in [3.63, 3.8) is 0 Å². The number of nitrogens with zero attached hydrogens (tertiary/aromatic N) is 2. The van der Waals surface area contributed by atoms with Crippen molar-refractivity contribution < 1.29 is 9.59 Å². The molecular formula is C28H36N2O2. The third kappa shape index (κ3) is 4.90. The molecule has 1 aliphatic carbocycles. The summed E-state index contributed by atoms with van der Waals surface area (Å²) in [4.78, 5) is 30.1. The maximum atomic E-state index is 13.4. The molecule has 1 saturated carbocycles. The molecular weight excluding hydrogens is 396 g/mol. The van der Waals surface area contributed by atoms with Crippen LogP contribution in [0.5, 0.6) is 0 Å². The van der Waals surface area contributed by atoms with E-state index in [4.69, 9.17) is 0 Å². The van der Waals surface area contributed by atoms with Crippen LogP contribution >= 0.6 is 0 Å². The monoisotopic (exact) mass is 432 g/mol. The number of carbonyl (C=O) groups excluding carboxylic acids is 2. The van der Waals surface area contributed by atoms with Crippen molar-refractivity contribution in [1.29, 1.82) is 0 Å². The van der Waals surface area contributed by atoms with Crippen LogP contribution in [-0.4, -0.2) is 48.8 Å². The topological polar surface area (TPSA) is 40.6 Å². The number of hydrogen-bond donors (Lipinski definition) is 0. The predicted octanol–water partition coefficient (Wildman–Crippen LogP) is 5.17. The minimum Gasteiger partial charge on any atom is -0.348 e. The fourth-order valence-corrected chi connectivity index (χ4v) is 5.65. The van der Waals surface area contributed by atoms with Crippen LogP contribution in [0.15, 0.2) is 54.6 Å². The molecule has 32 heavy (non-hydrogen) atoms. The van der Waals surface area contributed by atoms with Crippen LogP contribution in [0.2, 0.25) is 0 Å². The summed E-state index contributed by atoms with van der Waals surface area (Å²) in [6, 6.07) is 18.8. The molecule has 0 spiro atoms. The van der Waals surface area contributed by atoms with Crippen LogP contribution in [0.25, 0.3) is 11.1 Å². The third-order valence-corrected chi connectivity index (χ3v) is 7.50. The number of amides is 2. The number of piperidine rings is 1. The van der Waals surface area contributed by atoms with Crippen molar-refractivity contribution in [3.05, 3.63) is 60.2 Å². The number of carbonyl (C=O) groups is 2. The Kier molecular flexibility index (Phi) is 6.98. The first-order valence-electron chi connectivity index (χ1n) is 12.1. The van der Waals surface area contributed by atoms with Crippen molar-refractivity contribution in [2.45, 2.75) is 51.4 Å². The van der Waals surface area contributed by atoms with E-state index in [0.29, 0.717) is 31.8 Å². The molecule has 1 aliphatic heterocycles. The molecule has 4 nitrogen and oxygen atoms in total. The molecule has 4 rings (SSSR count). The van der Waals surface area contributed by atoms with Gasteiger partial charge in [0.15, 0.2) is 0 Å². The summed E-state index contributed by atoms with van der Waals surface area (Å²) in [5.41, 5.74) is 3.12. The van der Waals surface area contributed by atoms with Gasteiger partial charge in [-0.1, -0.05) is 67.4 Å². The van der Waals surface area contributed by atoms with Gasteiger partial charge in [-0.25, -0.2) is 0 Å². The summed E-state index contributed by atoms with van der Waals surface area (Å²) in [5, 5.41) is 0. The van der Waals surface area contributed by atoms with E-state index >= 15 is 0 Å². The molecule has 0 aromatic heterocycles. The fraction of sp³-hybridized carbons (Fsp3) is 0.500. The van der Waals surface area contributed by atoms with Crippen molar-refractivity contribution >= 4 is 11.8 Å². The minimum absolute atomic E-state index is 0.184. The summed E-state index contributed by atoms with van der Waals surface area (Å²) < 4.78 is 0. The van der Waals surface area contributed by atoms with Gasteiger partial charge in [0.05, 0.1) is 5.41 Å². The molecule has 4 heteroatoms. The standard InChI is InChI=1S/C28H36N2O2/c1-29(2)27(32)28(16-18-30(19-17-28)26(31)20-22-10-6-7-11-22)21-24-14-8-9-15-25(24)23-12-4-3-5-13-23/h3-5,8-9,12-15,22H,6-7,10-11,16-21H2,1-2H3. The van der Waals surface area contributed by atoms with E-state index in [1.807, 2.05) is 25.1 Å². The summed E-state index contributed by atoms with van der Waals surface area (Å²) in [5.74, 6) is 1.03. The maximum absolute atomic E-state index is 13.4. The summed E-state index contributed by atoms with van der Waals surface area (Å²) >= 11 is 0. The molecule has 0 radical (unpaired) electrons. The van der Waals surface area contributed by atoms with Crippen molar-refractivity contribution in [2.24, 2.45) is 11.3 Å². The minimum atomic E-state index is -0.460. The predicted molar refractivity (Wildman–Crippen MR) is 129 cm³/mol. The Bertz CT molecular complexity index is 923. The van der Waals surface area contributed by atoms with E-state index in [2.05, 4.69) is 48.5 Å². The highest BCUT2D eigenvalue weighted by atomic mass is 16.2. The average molecular weight is 433 g/mol. The van der Waals surface area contributed by atoms with Gasteiger partial charge >= 0.3 is 0 Å². The van der Waals surface area contributed by atoms with E-state index in [9.17, 15) is 9.59 Å². The molecule has 2 aliphatic rings. The lowest BCUT2D eigenvalue weighted by Crippen LogP contribution is -2.51. The van der Waals surface area contributed by atoms with Gasteiger partial charge in [-0.3, -0.25) is 9.59 Å². The maximum Gasteiger partial charge on any atom is 0.228 e. The number of benzene rings is 2. The van der Waals surface area contributed by atoms with Crippen molar-refractivity contribution in [1.82, 2.24) is 9.80 Å². The zero-order chi connectivity index (χ0) is 22.6. The van der Waals surface area contributed by atoms with E-state index < -0.39 is 5.41 Å². The Hall–Kier alpha value is -2.62. The van der Waals surface area contributed by atoms with Gasteiger partial charge in [0.1, 0.15) is 0 Å². The van der Waals surface area contributed by atoms with Crippen LogP contribution in [0.3, 0.4) is 0 Å². The SMILES string of the molecule is CN(C)C(=O)C1(Cc2ccccc2-c2ccccc2)CCN(C(=O)CC2CCCC2)CC1. The lowest BCUT2D eigenvalue weighted by Gasteiger charge is -2.42. The molecule has 2 aromatic carbocycles. The second-order valence-electron chi connectivity index (χ2n) is 9.92. The van der Waals surface area contributed by atoms with E-state index in [0.717, 1.165) is 12.8 Å². The molecule has 2 aromatic rings. The highest BCUT2D eigenvalue weighted by Crippen LogP contribution is 2.40. The van der Waals surface area contributed by atoms with Crippen molar-refractivity contribution in [2.75, 3.05) is 27.2 Å². The van der Waals surface area contributed by atoms with Crippen molar-refractivity contribution in [3.8, 4) is 11.1 Å². The molecule has 1 saturated heterocycles. The smallest absolute Gasteiger partial charge is 0.228 e. The zero-order valence-electron chi connectivity index (χ0n) is 19.6. The third-order valence-electron chi connectivity index (χ3n) is 7.50. The molecule has 170 valence electrons. The lowest BCUT2D eigenvalue weighted by atomic mass is 9.71. The normalized spacial score (nSPS) is 18.5. The summed E-state index contributed by atoms with van der Waals surface area (Å²) in [7, 11) is 3.70. The van der Waals surface area contributed by atoms with Gasteiger partial charge in [-0.15, -0.1) is 0 Å². The Balaban J connectivity index is 1.53. The largest absolute Gasteiger partial charge is 0.348 e. The lowest BCUT2D eigenvalue weighted by molar-refractivity contribution is -0.146. The molecule has 0 bridgehead atoms. The molecule has 0 atom stereocenters. The van der Waals surface area contributed by atoms with Gasteiger partial charge in [-0.05, 0) is 54.7 Å². The van der Waals surface area contributed by atoms with Crippen LogP contribution < -0.4 is 0 Å². The second kappa shape index (κ2) is 9.89. The molecule has 0 N–H and O–H groups in total. The molecule has 0 unspecified atom stereocenters. The highest BCUT2D eigenvalue weighted by molar-refractivity contribution is 5.84. The van der Waals surface area contributed by atoms with Crippen LogP contribution in [0.1, 0.15) is 50.5 Å². The van der Waals surface area contributed by atoms with Gasteiger partial charge < -0.3 is 9.80 Å². The first-order chi connectivity index (χ1) is 15.5. The Labute approximate surface area is 192 Å². The quantitative estimate of drug-likeness (QED) is 0.632. The Morgan fingerprint density at radius 1 is 0.938 bits per heavy atom. The van der Waals surface area contributed by atoms with E-state index in [1.54, 1.807) is 4.90 Å². The number of likely N-dealkylation sites (tertiary alicyclic amines) is 1. The first-order valence-corrected chi connectivity index (χ1v) is 12.1. The van der Waals surface area contributed by atoms with Gasteiger partial charge in [0.2, 0.25) is 11.8 Å². The molecule has 2 amide bonds. The Morgan fingerprint density at radius 3 is 2.22 bits per heavy atom. The van der Waals surface area contributed by atoms with E-state index in [-0.39, 0.29) is 11.8 Å². The van der Waals surface area contributed by atoms with Crippen LogP contribution in [0.4, 0.5) is 0 Å². The summed E-state index contributed by atoms with van der Waals surface area (Å²) in [6.45, 7) is 1.36. The van der Waals surface area contributed by atoms with Gasteiger partial charge in [0, 0.05) is 33.6 Å². The zero-order valence-corrected chi connectivity index (χ0v) is 19.6. The van der Waals surface area contributed by atoms with Gasteiger partial charge in [-0.2, -0.15) is 0 Å². The molecule has 2 fully saturated rings. The highest BCUT2D eigenvalue weighted by Gasteiger charge is 2.43. The summed E-state index contributed by atoms with van der Waals surface area (Å²) in [6.07, 6.45) is 7.76. The van der Waals surface area contributed by atoms with Crippen LogP contribution in [-0.2, 0) is 16.0 Å². The van der Waals surface area contributed by atoms with Gasteiger partial charge in [0.25, 0.3) is 0 Å².